The number of fused-ring (bicyclic) bond motifs is 3. The van der Waals surface area contributed by atoms with E-state index in [0.29, 0.717) is 13.1 Å². The highest BCUT2D eigenvalue weighted by Gasteiger charge is 2.24. The van der Waals surface area contributed by atoms with E-state index in [-0.39, 0.29) is 5.91 Å². The summed E-state index contributed by atoms with van der Waals surface area (Å²) in [7, 11) is 0. The second kappa shape index (κ2) is 6.31. The number of carbonyl (C=O) groups is 1. The molecule has 1 aliphatic rings. The smallest absolute Gasteiger partial charge is 0.254 e. The van der Waals surface area contributed by atoms with Crippen LogP contribution in [0.15, 0.2) is 36.5 Å². The SMILES string of the molecule is CCCc1ccc(C(=O)N2CCc3c(cnc4cc(C)nn34)C2)cc1. The Morgan fingerprint density at radius 1 is 1.24 bits per heavy atom. The number of amides is 1. The third-order valence-corrected chi connectivity index (χ3v) is 4.80. The van der Waals surface area contributed by atoms with Gasteiger partial charge < -0.3 is 4.90 Å². The summed E-state index contributed by atoms with van der Waals surface area (Å²) in [5.41, 5.74) is 6.13. The third-order valence-electron chi connectivity index (χ3n) is 4.80. The van der Waals surface area contributed by atoms with Gasteiger partial charge in [0.15, 0.2) is 5.65 Å². The molecule has 128 valence electrons. The van der Waals surface area contributed by atoms with Gasteiger partial charge in [-0.1, -0.05) is 25.5 Å². The predicted molar refractivity (Wildman–Crippen MR) is 96.6 cm³/mol. The van der Waals surface area contributed by atoms with Crippen molar-refractivity contribution in [2.45, 2.75) is 39.7 Å². The minimum atomic E-state index is 0.0884. The van der Waals surface area contributed by atoms with Crippen LogP contribution in [0.1, 0.15) is 46.2 Å². The predicted octanol–water partition coefficient (Wildman–Crippen LogP) is 3.19. The van der Waals surface area contributed by atoms with Crippen molar-refractivity contribution in [3.63, 3.8) is 0 Å². The molecule has 0 saturated carbocycles. The zero-order chi connectivity index (χ0) is 17.4. The van der Waals surface area contributed by atoms with E-state index < -0.39 is 0 Å². The largest absolute Gasteiger partial charge is 0.334 e. The van der Waals surface area contributed by atoms with Crippen LogP contribution in [0.4, 0.5) is 0 Å². The first kappa shape index (κ1) is 15.8. The fourth-order valence-corrected chi connectivity index (χ4v) is 3.51. The van der Waals surface area contributed by atoms with Crippen LogP contribution in [0.5, 0.6) is 0 Å². The lowest BCUT2D eigenvalue weighted by molar-refractivity contribution is 0.0732. The minimum absolute atomic E-state index is 0.0884. The first-order valence-corrected chi connectivity index (χ1v) is 8.87. The molecule has 1 aromatic carbocycles. The van der Waals surface area contributed by atoms with Crippen molar-refractivity contribution in [1.29, 1.82) is 0 Å². The summed E-state index contributed by atoms with van der Waals surface area (Å²) in [5.74, 6) is 0.0884. The van der Waals surface area contributed by atoms with E-state index >= 15 is 0 Å². The van der Waals surface area contributed by atoms with E-state index in [0.717, 1.165) is 41.7 Å². The van der Waals surface area contributed by atoms with Gasteiger partial charge in [-0.2, -0.15) is 5.10 Å². The first-order valence-electron chi connectivity index (χ1n) is 8.87. The summed E-state index contributed by atoms with van der Waals surface area (Å²) < 4.78 is 1.92. The highest BCUT2D eigenvalue weighted by molar-refractivity contribution is 5.94. The lowest BCUT2D eigenvalue weighted by Gasteiger charge is -2.28. The highest BCUT2D eigenvalue weighted by atomic mass is 16.2. The van der Waals surface area contributed by atoms with Gasteiger partial charge in [0.25, 0.3) is 5.91 Å². The Morgan fingerprint density at radius 2 is 2.04 bits per heavy atom. The molecule has 0 fully saturated rings. The molecule has 0 saturated heterocycles. The second-order valence-corrected chi connectivity index (χ2v) is 6.71. The number of aryl methyl sites for hydroxylation is 2. The summed E-state index contributed by atoms with van der Waals surface area (Å²) in [6.07, 6.45) is 4.85. The number of aromatic nitrogens is 3. The highest BCUT2D eigenvalue weighted by Crippen LogP contribution is 2.21. The van der Waals surface area contributed by atoms with Crippen LogP contribution in [0, 0.1) is 6.92 Å². The molecule has 1 amide bonds. The standard InChI is InChI=1S/C20H22N4O/c1-3-4-15-5-7-16(8-6-15)20(25)23-10-9-18-17(13-23)12-21-19-11-14(2)22-24(18)19/h5-8,11-12H,3-4,9-10,13H2,1-2H3. The topological polar surface area (TPSA) is 50.5 Å². The number of rotatable bonds is 3. The fourth-order valence-electron chi connectivity index (χ4n) is 3.51. The van der Waals surface area contributed by atoms with Crippen molar-refractivity contribution in [2.24, 2.45) is 0 Å². The van der Waals surface area contributed by atoms with Crippen molar-refractivity contribution in [2.75, 3.05) is 6.54 Å². The molecule has 0 radical (unpaired) electrons. The number of nitrogens with zero attached hydrogens (tertiary/aromatic N) is 4. The molecule has 0 atom stereocenters. The Bertz CT molecular complexity index is 927. The molecule has 0 aliphatic carbocycles. The molecule has 0 bridgehead atoms. The minimum Gasteiger partial charge on any atom is -0.334 e. The van der Waals surface area contributed by atoms with Gasteiger partial charge in [-0.05, 0) is 31.0 Å². The molecule has 2 aromatic heterocycles. The maximum absolute atomic E-state index is 12.8. The number of hydrogen-bond acceptors (Lipinski definition) is 3. The zero-order valence-corrected chi connectivity index (χ0v) is 14.7. The lowest BCUT2D eigenvalue weighted by Crippen LogP contribution is -2.37. The maximum atomic E-state index is 12.8. The quantitative estimate of drug-likeness (QED) is 0.739. The molecule has 5 nitrogen and oxygen atoms in total. The number of carbonyl (C=O) groups excluding carboxylic acids is 1. The molecule has 3 aromatic rings. The van der Waals surface area contributed by atoms with E-state index in [1.54, 1.807) is 0 Å². The van der Waals surface area contributed by atoms with Crippen LogP contribution in [0.25, 0.3) is 5.65 Å². The average Bonchev–Trinajstić information content (AvgIpc) is 3.02. The van der Waals surface area contributed by atoms with Crippen molar-refractivity contribution in [3.8, 4) is 0 Å². The summed E-state index contributed by atoms with van der Waals surface area (Å²) in [6.45, 7) is 5.44. The Balaban J connectivity index is 1.57. The summed E-state index contributed by atoms with van der Waals surface area (Å²) >= 11 is 0. The monoisotopic (exact) mass is 334 g/mol. The molecular formula is C20H22N4O. The average molecular weight is 334 g/mol. The summed E-state index contributed by atoms with van der Waals surface area (Å²) in [6, 6.07) is 10.00. The Labute approximate surface area is 147 Å². The van der Waals surface area contributed by atoms with Crippen molar-refractivity contribution < 1.29 is 4.79 Å². The maximum Gasteiger partial charge on any atom is 0.254 e. The molecule has 0 spiro atoms. The van der Waals surface area contributed by atoms with E-state index in [1.165, 1.54) is 11.3 Å². The van der Waals surface area contributed by atoms with Gasteiger partial charge >= 0.3 is 0 Å². The fraction of sp³-hybridized carbons (Fsp3) is 0.350. The van der Waals surface area contributed by atoms with Crippen LogP contribution in [0.3, 0.4) is 0 Å². The van der Waals surface area contributed by atoms with Crippen molar-refractivity contribution >= 4 is 11.6 Å². The van der Waals surface area contributed by atoms with Gasteiger partial charge in [0.05, 0.1) is 11.4 Å². The van der Waals surface area contributed by atoms with Crippen LogP contribution < -0.4 is 0 Å². The van der Waals surface area contributed by atoms with Crippen LogP contribution in [-0.2, 0) is 19.4 Å². The second-order valence-electron chi connectivity index (χ2n) is 6.71. The molecular weight excluding hydrogens is 312 g/mol. The van der Waals surface area contributed by atoms with Gasteiger partial charge in [0.1, 0.15) is 0 Å². The molecule has 0 N–H and O–H groups in total. The molecule has 3 heterocycles. The van der Waals surface area contributed by atoms with Gasteiger partial charge in [0, 0.05) is 42.9 Å². The number of hydrogen-bond donors (Lipinski definition) is 0. The van der Waals surface area contributed by atoms with Gasteiger partial charge in [-0.25, -0.2) is 9.50 Å². The normalized spacial score (nSPS) is 13.9. The van der Waals surface area contributed by atoms with Gasteiger partial charge in [0.2, 0.25) is 0 Å². The molecule has 5 heteroatoms. The van der Waals surface area contributed by atoms with Crippen LogP contribution in [0.2, 0.25) is 0 Å². The summed E-state index contributed by atoms with van der Waals surface area (Å²) in [5, 5.41) is 4.53. The molecule has 4 rings (SSSR count). The molecule has 0 unspecified atom stereocenters. The Morgan fingerprint density at radius 3 is 2.80 bits per heavy atom. The van der Waals surface area contributed by atoms with E-state index in [2.05, 4.69) is 29.1 Å². The van der Waals surface area contributed by atoms with Crippen LogP contribution >= 0.6 is 0 Å². The van der Waals surface area contributed by atoms with E-state index in [4.69, 9.17) is 0 Å². The molecule has 1 aliphatic heterocycles. The Kier molecular flexibility index (Phi) is 3.99. The zero-order valence-electron chi connectivity index (χ0n) is 14.7. The first-order chi connectivity index (χ1) is 12.2. The third kappa shape index (κ3) is 2.90. The Hall–Kier alpha value is -2.69. The molecule has 25 heavy (non-hydrogen) atoms. The van der Waals surface area contributed by atoms with Gasteiger partial charge in [-0.15, -0.1) is 0 Å². The lowest BCUT2D eigenvalue weighted by atomic mass is 10.0. The van der Waals surface area contributed by atoms with E-state index in [1.807, 2.05) is 40.7 Å². The van der Waals surface area contributed by atoms with E-state index in [9.17, 15) is 4.79 Å². The van der Waals surface area contributed by atoms with Crippen molar-refractivity contribution in [3.05, 3.63) is 64.6 Å². The van der Waals surface area contributed by atoms with Crippen molar-refractivity contribution in [1.82, 2.24) is 19.5 Å². The van der Waals surface area contributed by atoms with Gasteiger partial charge in [-0.3, -0.25) is 4.79 Å². The summed E-state index contributed by atoms with van der Waals surface area (Å²) in [4.78, 5) is 19.2. The number of benzene rings is 1. The van der Waals surface area contributed by atoms with Crippen LogP contribution in [-0.4, -0.2) is 31.9 Å².